The maximum absolute atomic E-state index is 12.5. The zero-order valence-electron chi connectivity index (χ0n) is 11.4. The van der Waals surface area contributed by atoms with Crippen molar-refractivity contribution in [1.82, 2.24) is 0 Å². The van der Waals surface area contributed by atoms with Crippen LogP contribution in [0.3, 0.4) is 0 Å². The molecule has 1 aliphatic rings. The molecule has 4 N–H and O–H groups in total. The predicted molar refractivity (Wildman–Crippen MR) is 75.9 cm³/mol. The first-order chi connectivity index (χ1) is 9.62. The van der Waals surface area contributed by atoms with Crippen molar-refractivity contribution >= 4 is 17.4 Å². The van der Waals surface area contributed by atoms with Gasteiger partial charge in [0.1, 0.15) is 11.2 Å². The lowest BCUT2D eigenvalue weighted by Gasteiger charge is -2.26. The van der Waals surface area contributed by atoms with Crippen LogP contribution in [0, 0.1) is 5.41 Å². The van der Waals surface area contributed by atoms with Gasteiger partial charge in [-0.1, -0.05) is 24.1 Å². The largest absolute Gasteiger partial charge is 0.497 e. The van der Waals surface area contributed by atoms with Crippen LogP contribution in [0.15, 0.2) is 29.4 Å². The Kier molecular flexibility index (Phi) is 4.12. The highest BCUT2D eigenvalue weighted by molar-refractivity contribution is 6.12. The molecule has 1 fully saturated rings. The summed E-state index contributed by atoms with van der Waals surface area (Å²) in [5.74, 6) is 0.404. The van der Waals surface area contributed by atoms with Gasteiger partial charge in [0.25, 0.3) is 0 Å². The first kappa shape index (κ1) is 14.2. The van der Waals surface area contributed by atoms with E-state index in [1.54, 1.807) is 31.4 Å². The molecule has 0 aliphatic heterocycles. The van der Waals surface area contributed by atoms with E-state index >= 15 is 0 Å². The highest BCUT2D eigenvalue weighted by atomic mass is 16.5. The summed E-state index contributed by atoms with van der Waals surface area (Å²) in [4.78, 5) is 12.5. The van der Waals surface area contributed by atoms with E-state index < -0.39 is 5.41 Å². The van der Waals surface area contributed by atoms with Crippen molar-refractivity contribution in [2.45, 2.75) is 25.7 Å². The Balaban J connectivity index is 2.21. The summed E-state index contributed by atoms with van der Waals surface area (Å²) >= 11 is 0. The van der Waals surface area contributed by atoms with E-state index in [4.69, 9.17) is 15.7 Å². The van der Waals surface area contributed by atoms with Gasteiger partial charge in [-0.2, -0.15) is 0 Å². The number of nitrogens with one attached hydrogen (secondary N) is 1. The summed E-state index contributed by atoms with van der Waals surface area (Å²) < 4.78 is 5.12. The Bertz CT molecular complexity index is 522. The maximum Gasteiger partial charge on any atom is 0.238 e. The van der Waals surface area contributed by atoms with Crippen molar-refractivity contribution in [1.29, 1.82) is 0 Å². The number of nitrogens with zero attached hydrogens (tertiary/aromatic N) is 1. The minimum Gasteiger partial charge on any atom is -0.497 e. The normalized spacial score (nSPS) is 17.8. The molecule has 0 heterocycles. The maximum atomic E-state index is 12.5. The molecule has 1 saturated carbocycles. The van der Waals surface area contributed by atoms with Crippen LogP contribution in [-0.2, 0) is 4.79 Å². The number of methoxy groups -OCH3 is 1. The van der Waals surface area contributed by atoms with Crippen LogP contribution in [0.5, 0.6) is 5.75 Å². The molecule has 108 valence electrons. The second-order valence-corrected chi connectivity index (χ2v) is 4.96. The standard InChI is InChI=1S/C14H19N3O3/c1-20-11-6-4-5-10(9-11)16-13(18)14(12(15)17-19)7-2-3-8-14/h4-6,9,19H,2-3,7-8H2,1H3,(H2,15,17)(H,16,18). The third-order valence-corrected chi connectivity index (χ3v) is 3.82. The van der Waals surface area contributed by atoms with E-state index in [0.29, 0.717) is 24.3 Å². The molecule has 1 amide bonds. The third kappa shape index (κ3) is 2.54. The number of benzene rings is 1. The van der Waals surface area contributed by atoms with Gasteiger partial charge in [-0.15, -0.1) is 0 Å². The monoisotopic (exact) mass is 277 g/mol. The number of rotatable bonds is 4. The molecule has 0 saturated heterocycles. The van der Waals surface area contributed by atoms with E-state index in [2.05, 4.69) is 10.5 Å². The minimum atomic E-state index is -0.905. The summed E-state index contributed by atoms with van der Waals surface area (Å²) in [5.41, 5.74) is 5.46. The van der Waals surface area contributed by atoms with Crippen LogP contribution in [0.2, 0.25) is 0 Å². The Morgan fingerprint density at radius 1 is 1.45 bits per heavy atom. The van der Waals surface area contributed by atoms with Crippen molar-refractivity contribution < 1.29 is 14.7 Å². The van der Waals surface area contributed by atoms with Gasteiger partial charge < -0.3 is 21.0 Å². The molecule has 0 bridgehead atoms. The van der Waals surface area contributed by atoms with Gasteiger partial charge in [-0.05, 0) is 25.0 Å². The fraction of sp³-hybridized carbons (Fsp3) is 0.429. The fourth-order valence-electron chi connectivity index (χ4n) is 2.63. The van der Waals surface area contributed by atoms with Crippen molar-refractivity contribution in [2.75, 3.05) is 12.4 Å². The second-order valence-electron chi connectivity index (χ2n) is 4.96. The number of oxime groups is 1. The molecule has 1 aromatic rings. The Labute approximate surface area is 117 Å². The molecule has 0 aromatic heterocycles. The molecule has 0 radical (unpaired) electrons. The van der Waals surface area contributed by atoms with Crippen LogP contribution in [0.4, 0.5) is 5.69 Å². The first-order valence-electron chi connectivity index (χ1n) is 6.56. The predicted octanol–water partition coefficient (Wildman–Crippen LogP) is 1.94. The molecular weight excluding hydrogens is 258 g/mol. The third-order valence-electron chi connectivity index (χ3n) is 3.82. The number of hydrogen-bond donors (Lipinski definition) is 3. The van der Waals surface area contributed by atoms with Crippen LogP contribution in [0.25, 0.3) is 0 Å². The quantitative estimate of drug-likeness (QED) is 0.339. The average Bonchev–Trinajstić information content (AvgIpc) is 2.97. The number of carbonyl (C=O) groups excluding carboxylic acids is 1. The smallest absolute Gasteiger partial charge is 0.238 e. The second kappa shape index (κ2) is 5.81. The molecular formula is C14H19N3O3. The van der Waals surface area contributed by atoms with Gasteiger partial charge in [-0.25, -0.2) is 0 Å². The lowest BCUT2D eigenvalue weighted by Crippen LogP contribution is -2.45. The number of amidine groups is 1. The summed E-state index contributed by atoms with van der Waals surface area (Å²) in [6, 6.07) is 7.09. The van der Waals surface area contributed by atoms with E-state index in [1.165, 1.54) is 0 Å². The van der Waals surface area contributed by atoms with Gasteiger partial charge in [-0.3, -0.25) is 4.79 Å². The number of nitrogens with two attached hydrogens (primary N) is 1. The van der Waals surface area contributed by atoms with Crippen molar-refractivity contribution in [3.05, 3.63) is 24.3 Å². The van der Waals surface area contributed by atoms with Crippen molar-refractivity contribution in [3.8, 4) is 5.75 Å². The highest BCUT2D eigenvalue weighted by Gasteiger charge is 2.45. The summed E-state index contributed by atoms with van der Waals surface area (Å²) in [6.45, 7) is 0. The average molecular weight is 277 g/mol. The zero-order valence-corrected chi connectivity index (χ0v) is 11.4. The Morgan fingerprint density at radius 3 is 2.75 bits per heavy atom. The molecule has 0 unspecified atom stereocenters. The number of ether oxygens (including phenoxy) is 1. The Morgan fingerprint density at radius 2 is 2.15 bits per heavy atom. The van der Waals surface area contributed by atoms with Gasteiger partial charge in [0.15, 0.2) is 5.84 Å². The SMILES string of the molecule is COc1cccc(NC(=O)C2(C(N)=NO)CCCC2)c1. The van der Waals surface area contributed by atoms with Gasteiger partial charge in [0.2, 0.25) is 5.91 Å². The molecule has 20 heavy (non-hydrogen) atoms. The number of anilines is 1. The van der Waals surface area contributed by atoms with E-state index in [0.717, 1.165) is 12.8 Å². The van der Waals surface area contributed by atoms with Crippen LogP contribution >= 0.6 is 0 Å². The zero-order chi connectivity index (χ0) is 14.6. The fourth-order valence-corrected chi connectivity index (χ4v) is 2.63. The summed E-state index contributed by atoms with van der Waals surface area (Å²) in [5, 5.41) is 14.8. The molecule has 6 nitrogen and oxygen atoms in total. The molecule has 0 atom stereocenters. The van der Waals surface area contributed by atoms with Gasteiger partial charge >= 0.3 is 0 Å². The Hall–Kier alpha value is -2.24. The molecule has 0 spiro atoms. The lowest BCUT2D eigenvalue weighted by atomic mass is 9.83. The number of hydrogen-bond acceptors (Lipinski definition) is 4. The number of amides is 1. The minimum absolute atomic E-state index is 0.0182. The molecule has 6 heteroatoms. The first-order valence-corrected chi connectivity index (χ1v) is 6.56. The number of carbonyl (C=O) groups is 1. The van der Waals surface area contributed by atoms with Crippen LogP contribution < -0.4 is 15.8 Å². The highest BCUT2D eigenvalue weighted by Crippen LogP contribution is 2.39. The lowest BCUT2D eigenvalue weighted by molar-refractivity contribution is -0.122. The van der Waals surface area contributed by atoms with E-state index in [1.807, 2.05) is 0 Å². The topological polar surface area (TPSA) is 96.9 Å². The van der Waals surface area contributed by atoms with E-state index in [-0.39, 0.29) is 11.7 Å². The summed E-state index contributed by atoms with van der Waals surface area (Å²) in [6.07, 6.45) is 2.97. The van der Waals surface area contributed by atoms with Crippen molar-refractivity contribution in [3.63, 3.8) is 0 Å². The van der Waals surface area contributed by atoms with Gasteiger partial charge in [0, 0.05) is 11.8 Å². The van der Waals surface area contributed by atoms with Crippen LogP contribution in [0.1, 0.15) is 25.7 Å². The van der Waals surface area contributed by atoms with E-state index in [9.17, 15) is 4.79 Å². The molecule has 2 rings (SSSR count). The molecule has 1 aromatic carbocycles. The molecule has 1 aliphatic carbocycles. The van der Waals surface area contributed by atoms with Gasteiger partial charge in [0.05, 0.1) is 7.11 Å². The summed E-state index contributed by atoms with van der Waals surface area (Å²) in [7, 11) is 1.57. The van der Waals surface area contributed by atoms with Crippen LogP contribution in [-0.4, -0.2) is 24.1 Å². The van der Waals surface area contributed by atoms with Crippen molar-refractivity contribution in [2.24, 2.45) is 16.3 Å².